The fourth-order valence-corrected chi connectivity index (χ4v) is 10.7. The van der Waals surface area contributed by atoms with E-state index in [0.29, 0.717) is 34.9 Å². The van der Waals surface area contributed by atoms with Gasteiger partial charge in [-0.15, -0.1) is 11.3 Å². The van der Waals surface area contributed by atoms with Crippen molar-refractivity contribution < 1.29 is 38.9 Å². The summed E-state index contributed by atoms with van der Waals surface area (Å²) < 4.78 is 11.5. The van der Waals surface area contributed by atoms with Crippen LogP contribution in [0.1, 0.15) is 108 Å². The molecular formula is C46H64N9O4Os+. The number of hydrazine groups is 1. The van der Waals surface area contributed by atoms with Gasteiger partial charge in [0.1, 0.15) is 34.6 Å². The molecule has 5 fully saturated rings. The third kappa shape index (κ3) is 9.46. The van der Waals surface area contributed by atoms with Gasteiger partial charge in [-0.05, 0) is 106 Å². The van der Waals surface area contributed by atoms with Crippen molar-refractivity contribution in [1.82, 2.24) is 31.2 Å². The number of amides is 1. The minimum Gasteiger partial charge on any atom is -0.495 e. The molecule has 2 aromatic carbocycles. The van der Waals surface area contributed by atoms with Crippen molar-refractivity contribution in [3.8, 4) is 17.6 Å². The van der Waals surface area contributed by atoms with E-state index in [-0.39, 0.29) is 80.3 Å². The molecular weight excluding hydrogens is 933 g/mol. The van der Waals surface area contributed by atoms with Gasteiger partial charge in [-0.25, -0.2) is 0 Å². The van der Waals surface area contributed by atoms with Gasteiger partial charge in [0.05, 0.1) is 35.9 Å². The number of nitroso groups, excluding NO2 is 1. The maximum absolute atomic E-state index is 13.3. The number of carbonyl (C=O) groups is 1. The number of benzene rings is 2. The molecule has 4 aliphatic heterocycles. The van der Waals surface area contributed by atoms with Crippen LogP contribution < -0.4 is 30.8 Å². The Morgan fingerprint density at radius 1 is 1.07 bits per heavy atom. The van der Waals surface area contributed by atoms with Crippen molar-refractivity contribution in [2.45, 2.75) is 134 Å². The number of nitrogens with zero attached hydrogens (tertiary/aromatic N) is 5. The molecule has 60 heavy (non-hydrogen) atoms. The summed E-state index contributed by atoms with van der Waals surface area (Å²) in [7, 11) is 1.56. The Kier molecular flexibility index (Phi) is 14.3. The number of likely N-dealkylation sites (tertiary alicyclic amines) is 1. The van der Waals surface area contributed by atoms with Crippen LogP contribution in [0.3, 0.4) is 0 Å². The molecule has 4 N–H and O–H groups in total. The van der Waals surface area contributed by atoms with Crippen LogP contribution in [0.2, 0.25) is 0 Å². The van der Waals surface area contributed by atoms with E-state index in [9.17, 15) is 15.0 Å². The van der Waals surface area contributed by atoms with Crippen molar-refractivity contribution in [3.05, 3.63) is 77.0 Å². The van der Waals surface area contributed by atoms with E-state index in [0.717, 1.165) is 61.5 Å². The summed E-state index contributed by atoms with van der Waals surface area (Å²) >= 11 is 0. The average molecular weight is 997 g/mol. The monoisotopic (exact) mass is 998 g/mol. The quantitative estimate of drug-likeness (QED) is 0.180. The molecule has 2 aromatic rings. The summed E-state index contributed by atoms with van der Waals surface area (Å²) in [6.45, 7) is 14.3. The molecule has 1 amide bonds. The normalized spacial score (nSPS) is 34.0. The first-order valence-corrected chi connectivity index (χ1v) is 22.2. The molecule has 6 unspecified atom stereocenters. The molecule has 6 aliphatic rings. The number of methoxy groups -OCH3 is 1. The van der Waals surface area contributed by atoms with E-state index in [1.54, 1.807) is 19.2 Å². The Hall–Kier alpha value is -3.45. The van der Waals surface area contributed by atoms with Gasteiger partial charge in [0, 0.05) is 44.0 Å². The summed E-state index contributed by atoms with van der Waals surface area (Å²) in [5.41, 5.74) is 7.53. The number of aliphatic imine (C=N–C) groups is 1. The maximum atomic E-state index is 13.3. The van der Waals surface area contributed by atoms with Crippen molar-refractivity contribution in [2.24, 2.45) is 22.2 Å². The number of rotatable bonds is 10. The molecule has 1 spiro atoms. The fraction of sp³-hybridized carbons (Fsp3) is 0.630. The zero-order valence-electron chi connectivity index (χ0n) is 35.9. The van der Waals surface area contributed by atoms with E-state index < -0.39 is 0 Å². The van der Waals surface area contributed by atoms with E-state index >= 15 is 0 Å². The number of piperazine rings is 1. The van der Waals surface area contributed by atoms with Gasteiger partial charge in [-0.3, -0.25) is 26.5 Å². The second kappa shape index (κ2) is 19.3. The average Bonchev–Trinajstić information content (AvgIpc) is 3.75. The first-order chi connectivity index (χ1) is 28.6. The molecule has 7 atom stereocenters. The van der Waals surface area contributed by atoms with E-state index in [1.165, 1.54) is 37.7 Å². The van der Waals surface area contributed by atoms with Gasteiger partial charge in [0.25, 0.3) is 6.17 Å². The molecule has 13 nitrogen and oxygen atoms in total. The van der Waals surface area contributed by atoms with Crippen molar-refractivity contribution in [2.75, 3.05) is 33.3 Å². The summed E-state index contributed by atoms with van der Waals surface area (Å²) in [5.74, 6) is 2.25. The summed E-state index contributed by atoms with van der Waals surface area (Å²) in [4.78, 5) is 37.0. The molecule has 2 saturated carbocycles. The molecule has 0 radical (unpaired) electrons. The van der Waals surface area contributed by atoms with Crippen molar-refractivity contribution >= 4 is 11.6 Å². The minimum absolute atomic E-state index is 0. The minimum atomic E-state index is -0.346. The van der Waals surface area contributed by atoms with Crippen LogP contribution >= 0.6 is 0 Å². The summed E-state index contributed by atoms with van der Waals surface area (Å²) in [6, 6.07) is 16.4. The summed E-state index contributed by atoms with van der Waals surface area (Å²) in [6.07, 6.45) is 11.8. The number of carbonyl (C=O) groups excluding carboxylic acids is 1. The predicted molar refractivity (Wildman–Crippen MR) is 227 cm³/mol. The van der Waals surface area contributed by atoms with E-state index in [1.807, 2.05) is 13.0 Å². The van der Waals surface area contributed by atoms with Crippen LogP contribution in [0.15, 0.2) is 47.5 Å². The molecule has 3 saturated heterocycles. The van der Waals surface area contributed by atoms with Crippen LogP contribution in [0, 0.1) is 46.5 Å². The second-order valence-corrected chi connectivity index (χ2v) is 18.2. The van der Waals surface area contributed by atoms with Crippen molar-refractivity contribution in [1.29, 1.82) is 5.26 Å². The number of nitrogens with one attached hydrogen (secondary N) is 4. The van der Waals surface area contributed by atoms with Gasteiger partial charge in [0.15, 0.2) is 0 Å². The SMILES string of the molecule is C[CH-]C(C)C1[CH-]N2C(C)N[N+](=O)C2[C@H](C)N=C1c1ccc(C2CCC3(CC2)CCN(C2CNC(C(=O)NC4CCC(Oc5ccc(C#N)c(OC)c5)CC4)CN2)C3)cc1.[Os+2]. The molecule has 0 bridgehead atoms. The topological polar surface area (TPSA) is 146 Å². The van der Waals surface area contributed by atoms with Crippen molar-refractivity contribution in [3.63, 3.8) is 0 Å². The fourth-order valence-electron chi connectivity index (χ4n) is 10.7. The molecule has 324 valence electrons. The molecule has 8 rings (SSSR count). The van der Waals surface area contributed by atoms with Crippen LogP contribution in [0.5, 0.6) is 11.5 Å². The largest absolute Gasteiger partial charge is 2.00 e. The van der Waals surface area contributed by atoms with Crippen LogP contribution in [-0.2, 0) is 24.6 Å². The summed E-state index contributed by atoms with van der Waals surface area (Å²) in [5, 5.41) is 19.9. The number of ether oxygens (including phenoxy) is 2. The van der Waals surface area contributed by atoms with Gasteiger partial charge in [-0.1, -0.05) is 31.2 Å². The first kappa shape index (κ1) is 44.6. The Bertz CT molecular complexity index is 1880. The van der Waals surface area contributed by atoms with Crippen LogP contribution in [0.25, 0.3) is 0 Å². The first-order valence-electron chi connectivity index (χ1n) is 22.2. The Morgan fingerprint density at radius 2 is 1.82 bits per heavy atom. The van der Waals surface area contributed by atoms with Crippen LogP contribution in [0.4, 0.5) is 0 Å². The zero-order valence-corrected chi connectivity index (χ0v) is 38.4. The number of nitriles is 1. The number of fused-ring (bicyclic) bond motifs is 1. The van der Waals surface area contributed by atoms with Gasteiger partial charge in [0.2, 0.25) is 5.91 Å². The Labute approximate surface area is 369 Å². The predicted octanol–water partition coefficient (Wildman–Crippen LogP) is 5.41. The number of hydrogen-bond acceptors (Lipinski definition) is 10. The van der Waals surface area contributed by atoms with Crippen LogP contribution in [-0.4, -0.2) is 102 Å². The van der Waals surface area contributed by atoms with Gasteiger partial charge in [-0.2, -0.15) is 18.1 Å². The Morgan fingerprint density at radius 3 is 2.48 bits per heavy atom. The second-order valence-electron chi connectivity index (χ2n) is 18.2. The van der Waals surface area contributed by atoms with Gasteiger partial charge >= 0.3 is 19.8 Å². The number of hydrogen-bond donors (Lipinski definition) is 4. The standard InChI is InChI=1S/C46H64N9O4.Os/c1-6-29(2)39-27-54-31(4)52-55(57)45(54)30(3)50-43(39)34-9-7-32(8-10-34)33-17-19-46(20-18-33)21-22-53(28-46)42-26-48-40(25-49-42)44(56)51-36-12-15-37(16-13-36)59-38-14-11-35(24-47)41(23-38)58-5;/h6-11,14,23,27,29-31,33,36-37,39-40,42,45,48-49H,12-13,15-22,25-26,28H2,1-5H3,(H,51,56)(H,52,57);/q-1;+2/t29?,30-,31?,33?,36?,37?,39?,40?,42?,45?,46?;/m0./s1. The van der Waals surface area contributed by atoms with Gasteiger partial charge < -0.3 is 31.4 Å². The van der Waals surface area contributed by atoms with E-state index in [2.05, 4.69) is 95.2 Å². The third-order valence-electron chi connectivity index (χ3n) is 14.5. The van der Waals surface area contributed by atoms with E-state index in [4.69, 9.17) is 14.5 Å². The molecule has 14 heteroatoms. The maximum Gasteiger partial charge on any atom is 2.00 e. The Balaban J connectivity index is 0.00000544. The molecule has 2 aliphatic carbocycles. The smallest absolute Gasteiger partial charge is 0.495 e. The third-order valence-corrected chi connectivity index (χ3v) is 14.5. The molecule has 4 heterocycles. The zero-order chi connectivity index (χ0) is 41.3. The molecule has 0 aromatic heterocycles.